The highest BCUT2D eigenvalue weighted by Crippen LogP contribution is 2.17. The van der Waals surface area contributed by atoms with Crippen LogP contribution in [0, 0.1) is 5.92 Å². The molecule has 0 aliphatic carbocycles. The van der Waals surface area contributed by atoms with Crippen LogP contribution in [0.4, 0.5) is 0 Å². The van der Waals surface area contributed by atoms with Gasteiger partial charge in [-0.05, 0) is 37.6 Å². The second-order valence-electron chi connectivity index (χ2n) is 6.29. The molecule has 5 nitrogen and oxygen atoms in total. The minimum absolute atomic E-state index is 0. The third-order valence-electron chi connectivity index (χ3n) is 4.60. The molecule has 1 fully saturated rings. The molecule has 142 valence electrons. The minimum atomic E-state index is 0. The number of halogens is 1. The summed E-state index contributed by atoms with van der Waals surface area (Å²) in [5, 5.41) is 3.41. The van der Waals surface area contributed by atoms with Crippen molar-refractivity contribution in [2.75, 3.05) is 45.8 Å². The Labute approximate surface area is 169 Å². The van der Waals surface area contributed by atoms with Crippen molar-refractivity contribution in [2.24, 2.45) is 10.9 Å². The third kappa shape index (κ3) is 7.40. The fraction of sp³-hybridized carbons (Fsp3) is 0.632. The van der Waals surface area contributed by atoms with Gasteiger partial charge >= 0.3 is 0 Å². The van der Waals surface area contributed by atoms with E-state index < -0.39 is 0 Å². The van der Waals surface area contributed by atoms with Crippen LogP contribution in [0.5, 0.6) is 0 Å². The fourth-order valence-electron chi connectivity index (χ4n) is 3.18. The summed E-state index contributed by atoms with van der Waals surface area (Å²) in [5.41, 5.74) is 0. The Kier molecular flexibility index (Phi) is 10.9. The van der Waals surface area contributed by atoms with E-state index in [1.165, 1.54) is 13.0 Å². The Morgan fingerprint density at radius 3 is 2.92 bits per heavy atom. The molecule has 1 aliphatic heterocycles. The number of likely N-dealkylation sites (tertiary alicyclic amines) is 1. The third-order valence-corrected chi connectivity index (χ3v) is 4.60. The van der Waals surface area contributed by atoms with E-state index in [0.29, 0.717) is 0 Å². The van der Waals surface area contributed by atoms with Crippen LogP contribution in [0.1, 0.15) is 26.0 Å². The molecule has 2 rings (SSSR count). The maximum atomic E-state index is 5.38. The standard InChI is InChI=1S/C19H32N4O.HI/c1-4-11-20-19(21-12-9-18-8-7-14-24-18)23-13-10-17(16-23)15-22(5-2)6-3;/h4,7-8,14,17H,1,5-6,9-13,15-16H2,2-3H3,(H,20,21);1H. The second-order valence-corrected chi connectivity index (χ2v) is 6.29. The molecule has 1 aliphatic rings. The lowest BCUT2D eigenvalue weighted by molar-refractivity contribution is 0.255. The number of rotatable bonds is 9. The highest BCUT2D eigenvalue weighted by molar-refractivity contribution is 14.0. The van der Waals surface area contributed by atoms with E-state index in [1.54, 1.807) is 6.26 Å². The average molecular weight is 460 g/mol. The molecule has 0 amide bonds. The predicted molar refractivity (Wildman–Crippen MR) is 116 cm³/mol. The van der Waals surface area contributed by atoms with Gasteiger partial charge in [0.25, 0.3) is 0 Å². The first-order valence-corrected chi connectivity index (χ1v) is 9.15. The molecule has 1 aromatic rings. The van der Waals surface area contributed by atoms with E-state index in [4.69, 9.17) is 9.41 Å². The molecule has 0 spiro atoms. The van der Waals surface area contributed by atoms with E-state index >= 15 is 0 Å². The van der Waals surface area contributed by atoms with Gasteiger partial charge < -0.3 is 19.5 Å². The van der Waals surface area contributed by atoms with E-state index in [9.17, 15) is 0 Å². The molecule has 1 atom stereocenters. The summed E-state index contributed by atoms with van der Waals surface area (Å²) in [6.45, 7) is 15.4. The summed E-state index contributed by atoms with van der Waals surface area (Å²) in [5.74, 6) is 2.72. The molecule has 1 N–H and O–H groups in total. The van der Waals surface area contributed by atoms with Crippen LogP contribution in [0.15, 0.2) is 40.5 Å². The Morgan fingerprint density at radius 2 is 2.28 bits per heavy atom. The van der Waals surface area contributed by atoms with Crippen LogP contribution in [0.2, 0.25) is 0 Å². The van der Waals surface area contributed by atoms with Crippen molar-refractivity contribution in [1.29, 1.82) is 0 Å². The van der Waals surface area contributed by atoms with Gasteiger partial charge in [-0.25, -0.2) is 0 Å². The molecule has 1 saturated heterocycles. The van der Waals surface area contributed by atoms with Crippen LogP contribution in [-0.2, 0) is 6.42 Å². The van der Waals surface area contributed by atoms with E-state index in [-0.39, 0.29) is 24.0 Å². The predicted octanol–water partition coefficient (Wildman–Crippen LogP) is 3.24. The quantitative estimate of drug-likeness (QED) is 0.266. The molecule has 25 heavy (non-hydrogen) atoms. The van der Waals surface area contributed by atoms with Crippen molar-refractivity contribution in [3.8, 4) is 0 Å². The van der Waals surface area contributed by atoms with Crippen molar-refractivity contribution in [3.63, 3.8) is 0 Å². The highest BCUT2D eigenvalue weighted by atomic mass is 127. The lowest BCUT2D eigenvalue weighted by atomic mass is 10.1. The Balaban J connectivity index is 0.00000312. The van der Waals surface area contributed by atoms with Crippen LogP contribution in [0.25, 0.3) is 0 Å². The molecule has 0 aromatic carbocycles. The lowest BCUT2D eigenvalue weighted by Crippen LogP contribution is -2.41. The normalized spacial score (nSPS) is 17.6. The van der Waals surface area contributed by atoms with Gasteiger partial charge in [-0.15, -0.1) is 30.6 Å². The first kappa shape index (κ1) is 22.0. The SMILES string of the molecule is C=CCNC(=NCCc1ccco1)N1CCC(CN(CC)CC)C1.I. The van der Waals surface area contributed by atoms with Gasteiger partial charge in [-0.3, -0.25) is 4.99 Å². The molecule has 2 heterocycles. The Morgan fingerprint density at radius 1 is 1.48 bits per heavy atom. The topological polar surface area (TPSA) is 44.0 Å². The summed E-state index contributed by atoms with van der Waals surface area (Å²) < 4.78 is 5.38. The maximum Gasteiger partial charge on any atom is 0.194 e. The van der Waals surface area contributed by atoms with Crippen molar-refractivity contribution >= 4 is 29.9 Å². The van der Waals surface area contributed by atoms with Gasteiger partial charge in [0.15, 0.2) is 5.96 Å². The fourth-order valence-corrected chi connectivity index (χ4v) is 3.18. The zero-order valence-corrected chi connectivity index (χ0v) is 17.9. The molecule has 0 saturated carbocycles. The Bertz CT molecular complexity index is 500. The summed E-state index contributed by atoms with van der Waals surface area (Å²) in [7, 11) is 0. The molecule has 0 radical (unpaired) electrons. The van der Waals surface area contributed by atoms with Gasteiger partial charge in [-0.1, -0.05) is 19.9 Å². The van der Waals surface area contributed by atoms with Crippen molar-refractivity contribution in [2.45, 2.75) is 26.7 Å². The van der Waals surface area contributed by atoms with Crippen LogP contribution < -0.4 is 5.32 Å². The zero-order chi connectivity index (χ0) is 17.2. The Hall–Kier alpha value is -1.02. The van der Waals surface area contributed by atoms with Crippen molar-refractivity contribution in [3.05, 3.63) is 36.8 Å². The van der Waals surface area contributed by atoms with Gasteiger partial charge in [0, 0.05) is 39.1 Å². The molecule has 6 heteroatoms. The van der Waals surface area contributed by atoms with E-state index in [0.717, 1.165) is 63.3 Å². The lowest BCUT2D eigenvalue weighted by Gasteiger charge is -2.24. The summed E-state index contributed by atoms with van der Waals surface area (Å²) >= 11 is 0. The largest absolute Gasteiger partial charge is 0.469 e. The van der Waals surface area contributed by atoms with Gasteiger partial charge in [0.05, 0.1) is 6.26 Å². The highest BCUT2D eigenvalue weighted by Gasteiger charge is 2.25. The molecular weight excluding hydrogens is 427 g/mol. The summed E-state index contributed by atoms with van der Waals surface area (Å²) in [6.07, 6.45) is 5.67. The zero-order valence-electron chi connectivity index (χ0n) is 15.6. The number of nitrogens with zero attached hydrogens (tertiary/aromatic N) is 3. The van der Waals surface area contributed by atoms with E-state index in [1.807, 2.05) is 18.2 Å². The number of furan rings is 1. The molecular formula is C19H33IN4O. The van der Waals surface area contributed by atoms with Crippen molar-refractivity contribution < 1.29 is 4.42 Å². The summed E-state index contributed by atoms with van der Waals surface area (Å²) in [6, 6.07) is 3.93. The molecule has 0 bridgehead atoms. The van der Waals surface area contributed by atoms with Gasteiger partial charge in [-0.2, -0.15) is 0 Å². The number of hydrogen-bond donors (Lipinski definition) is 1. The minimum Gasteiger partial charge on any atom is -0.469 e. The first-order valence-electron chi connectivity index (χ1n) is 9.15. The summed E-state index contributed by atoms with van der Waals surface area (Å²) in [4.78, 5) is 9.68. The number of nitrogens with one attached hydrogen (secondary N) is 1. The first-order chi connectivity index (χ1) is 11.8. The van der Waals surface area contributed by atoms with E-state index in [2.05, 4.69) is 35.5 Å². The van der Waals surface area contributed by atoms with Gasteiger partial charge in [0.2, 0.25) is 0 Å². The van der Waals surface area contributed by atoms with Crippen molar-refractivity contribution in [1.82, 2.24) is 15.1 Å². The number of aliphatic imine (C=N–C) groups is 1. The van der Waals surface area contributed by atoms with Crippen LogP contribution in [-0.4, -0.2) is 61.6 Å². The monoisotopic (exact) mass is 460 g/mol. The second kappa shape index (κ2) is 12.4. The van der Waals surface area contributed by atoms with Crippen LogP contribution >= 0.6 is 24.0 Å². The average Bonchev–Trinajstić information content (AvgIpc) is 3.27. The number of hydrogen-bond acceptors (Lipinski definition) is 3. The molecule has 1 aromatic heterocycles. The number of guanidine groups is 1. The van der Waals surface area contributed by atoms with Crippen LogP contribution in [0.3, 0.4) is 0 Å². The molecule has 1 unspecified atom stereocenters. The van der Waals surface area contributed by atoms with Gasteiger partial charge in [0.1, 0.15) is 5.76 Å². The maximum absolute atomic E-state index is 5.38. The smallest absolute Gasteiger partial charge is 0.194 e.